The average Bonchev–Trinajstić information content (AvgIpc) is 2.99. The van der Waals surface area contributed by atoms with Gasteiger partial charge in [0.2, 0.25) is 0 Å². The Bertz CT molecular complexity index is 1140. The smallest absolute Gasteiger partial charge is 0.336 e. The van der Waals surface area contributed by atoms with E-state index in [0.29, 0.717) is 12.1 Å². The standard InChI is InChI=1S/C22H19N3O2/c1-14-11-12-23-21-20(14)24-15(2)25(21)13-16-7-9-17(10-8-16)18-5-3-4-6-19(18)22(26)27/h3-12H,13H2,1-2H3,(H,26,27). The molecule has 0 aliphatic heterocycles. The number of hydrogen-bond donors (Lipinski definition) is 1. The molecular weight excluding hydrogens is 338 g/mol. The molecule has 0 radical (unpaired) electrons. The van der Waals surface area contributed by atoms with Crippen molar-refractivity contribution >= 4 is 17.1 Å². The second kappa shape index (κ2) is 6.68. The number of rotatable bonds is 4. The highest BCUT2D eigenvalue weighted by Gasteiger charge is 2.12. The van der Waals surface area contributed by atoms with Crippen LogP contribution in [0.25, 0.3) is 22.3 Å². The highest BCUT2D eigenvalue weighted by atomic mass is 16.4. The fraction of sp³-hybridized carbons (Fsp3) is 0.136. The third kappa shape index (κ3) is 3.08. The molecular formula is C22H19N3O2. The second-order valence-electron chi connectivity index (χ2n) is 6.59. The Morgan fingerprint density at radius 1 is 1.04 bits per heavy atom. The molecule has 5 heteroatoms. The Morgan fingerprint density at radius 2 is 1.78 bits per heavy atom. The maximum Gasteiger partial charge on any atom is 0.336 e. The van der Waals surface area contributed by atoms with Gasteiger partial charge >= 0.3 is 5.97 Å². The number of carboxylic acid groups (broad SMARTS) is 1. The van der Waals surface area contributed by atoms with Crippen LogP contribution in [0.1, 0.15) is 27.3 Å². The number of benzene rings is 2. The molecule has 0 bridgehead atoms. The minimum absolute atomic E-state index is 0.307. The van der Waals surface area contributed by atoms with E-state index in [0.717, 1.165) is 39.2 Å². The Kier molecular flexibility index (Phi) is 4.20. The number of fused-ring (bicyclic) bond motifs is 1. The maximum absolute atomic E-state index is 11.4. The van der Waals surface area contributed by atoms with Gasteiger partial charge in [0.15, 0.2) is 5.65 Å². The van der Waals surface area contributed by atoms with Crippen molar-refractivity contribution in [1.29, 1.82) is 0 Å². The van der Waals surface area contributed by atoms with Crippen LogP contribution in [0.5, 0.6) is 0 Å². The maximum atomic E-state index is 11.4. The number of aromatic nitrogens is 3. The van der Waals surface area contributed by atoms with Gasteiger partial charge in [-0.15, -0.1) is 0 Å². The number of hydrogen-bond acceptors (Lipinski definition) is 3. The van der Waals surface area contributed by atoms with Gasteiger partial charge in [-0.25, -0.2) is 14.8 Å². The van der Waals surface area contributed by atoms with Crippen molar-refractivity contribution < 1.29 is 9.90 Å². The SMILES string of the molecule is Cc1ccnc2c1nc(C)n2Cc1ccc(-c2ccccc2C(=O)O)cc1. The average molecular weight is 357 g/mol. The van der Waals surface area contributed by atoms with Crippen molar-refractivity contribution in [3.8, 4) is 11.1 Å². The molecule has 2 aromatic heterocycles. The van der Waals surface area contributed by atoms with Crippen LogP contribution in [0, 0.1) is 13.8 Å². The topological polar surface area (TPSA) is 68.0 Å². The number of pyridine rings is 1. The summed E-state index contributed by atoms with van der Waals surface area (Å²) in [4.78, 5) is 20.6. The van der Waals surface area contributed by atoms with Crippen molar-refractivity contribution in [2.45, 2.75) is 20.4 Å². The summed E-state index contributed by atoms with van der Waals surface area (Å²) in [7, 11) is 0. The first-order chi connectivity index (χ1) is 13.0. The number of imidazole rings is 1. The molecule has 0 amide bonds. The van der Waals surface area contributed by atoms with Gasteiger partial charge in [0.25, 0.3) is 0 Å². The van der Waals surface area contributed by atoms with E-state index in [-0.39, 0.29) is 0 Å². The minimum Gasteiger partial charge on any atom is -0.478 e. The molecule has 0 atom stereocenters. The van der Waals surface area contributed by atoms with E-state index in [1.165, 1.54) is 0 Å². The number of carbonyl (C=O) groups is 1. The van der Waals surface area contributed by atoms with Crippen LogP contribution in [-0.2, 0) is 6.54 Å². The van der Waals surface area contributed by atoms with Crippen LogP contribution in [-0.4, -0.2) is 25.6 Å². The highest BCUT2D eigenvalue weighted by molar-refractivity contribution is 5.96. The third-order valence-electron chi connectivity index (χ3n) is 4.79. The monoisotopic (exact) mass is 357 g/mol. The molecule has 134 valence electrons. The van der Waals surface area contributed by atoms with Crippen molar-refractivity contribution in [3.05, 3.63) is 83.3 Å². The minimum atomic E-state index is -0.920. The largest absolute Gasteiger partial charge is 0.478 e. The van der Waals surface area contributed by atoms with Crippen molar-refractivity contribution in [2.75, 3.05) is 0 Å². The number of carboxylic acids is 1. The molecule has 0 spiro atoms. The lowest BCUT2D eigenvalue weighted by Gasteiger charge is -2.09. The van der Waals surface area contributed by atoms with Crippen molar-refractivity contribution in [3.63, 3.8) is 0 Å². The normalized spacial score (nSPS) is 11.0. The fourth-order valence-electron chi connectivity index (χ4n) is 3.33. The fourth-order valence-corrected chi connectivity index (χ4v) is 3.33. The molecule has 0 aliphatic rings. The van der Waals surface area contributed by atoms with Gasteiger partial charge in [0.05, 0.1) is 12.1 Å². The van der Waals surface area contributed by atoms with E-state index in [9.17, 15) is 9.90 Å². The van der Waals surface area contributed by atoms with Crippen LogP contribution >= 0.6 is 0 Å². The first-order valence-electron chi connectivity index (χ1n) is 8.74. The zero-order valence-corrected chi connectivity index (χ0v) is 15.2. The van der Waals surface area contributed by atoms with Gasteiger partial charge in [-0.05, 0) is 48.2 Å². The molecule has 2 aromatic carbocycles. The van der Waals surface area contributed by atoms with E-state index in [1.807, 2.05) is 56.3 Å². The summed E-state index contributed by atoms with van der Waals surface area (Å²) in [5.41, 5.74) is 5.95. The van der Waals surface area contributed by atoms with Gasteiger partial charge < -0.3 is 9.67 Å². The molecule has 4 rings (SSSR count). The van der Waals surface area contributed by atoms with Crippen LogP contribution in [0.4, 0.5) is 0 Å². The molecule has 4 aromatic rings. The van der Waals surface area contributed by atoms with Gasteiger partial charge in [-0.3, -0.25) is 0 Å². The van der Waals surface area contributed by atoms with E-state index in [4.69, 9.17) is 0 Å². The van der Waals surface area contributed by atoms with E-state index >= 15 is 0 Å². The molecule has 0 saturated heterocycles. The number of aromatic carboxylic acids is 1. The molecule has 0 unspecified atom stereocenters. The Labute approximate surface area is 157 Å². The van der Waals surface area contributed by atoms with E-state index in [1.54, 1.807) is 18.3 Å². The third-order valence-corrected chi connectivity index (χ3v) is 4.79. The summed E-state index contributed by atoms with van der Waals surface area (Å²) >= 11 is 0. The van der Waals surface area contributed by atoms with Crippen molar-refractivity contribution in [2.24, 2.45) is 0 Å². The number of nitrogens with zero attached hydrogens (tertiary/aromatic N) is 3. The molecule has 2 heterocycles. The highest BCUT2D eigenvalue weighted by Crippen LogP contribution is 2.25. The Morgan fingerprint density at radius 3 is 2.52 bits per heavy atom. The summed E-state index contributed by atoms with van der Waals surface area (Å²) in [6, 6.07) is 17.0. The van der Waals surface area contributed by atoms with Crippen LogP contribution < -0.4 is 0 Å². The van der Waals surface area contributed by atoms with Gasteiger partial charge in [-0.1, -0.05) is 42.5 Å². The summed E-state index contributed by atoms with van der Waals surface area (Å²) in [6.07, 6.45) is 1.81. The van der Waals surface area contributed by atoms with E-state index in [2.05, 4.69) is 14.5 Å². The number of aryl methyl sites for hydroxylation is 2. The van der Waals surface area contributed by atoms with Gasteiger partial charge in [0.1, 0.15) is 11.3 Å². The summed E-state index contributed by atoms with van der Waals surface area (Å²) in [5, 5.41) is 9.39. The summed E-state index contributed by atoms with van der Waals surface area (Å²) in [6.45, 7) is 4.69. The predicted octanol–water partition coefficient (Wildman–Crippen LogP) is 4.46. The predicted molar refractivity (Wildman–Crippen MR) is 105 cm³/mol. The van der Waals surface area contributed by atoms with Crippen molar-refractivity contribution in [1.82, 2.24) is 14.5 Å². The van der Waals surface area contributed by atoms with E-state index < -0.39 is 5.97 Å². The lowest BCUT2D eigenvalue weighted by atomic mass is 9.99. The summed E-state index contributed by atoms with van der Waals surface area (Å²) < 4.78 is 2.10. The second-order valence-corrected chi connectivity index (χ2v) is 6.59. The zero-order valence-electron chi connectivity index (χ0n) is 15.2. The molecule has 0 aliphatic carbocycles. The first kappa shape index (κ1) is 17.0. The molecule has 27 heavy (non-hydrogen) atoms. The lowest BCUT2D eigenvalue weighted by Crippen LogP contribution is -2.03. The molecule has 0 saturated carbocycles. The molecule has 1 N–H and O–H groups in total. The van der Waals surface area contributed by atoms with Crippen LogP contribution in [0.15, 0.2) is 60.8 Å². The van der Waals surface area contributed by atoms with Crippen LogP contribution in [0.3, 0.4) is 0 Å². The van der Waals surface area contributed by atoms with Crippen LogP contribution in [0.2, 0.25) is 0 Å². The van der Waals surface area contributed by atoms with Gasteiger partial charge in [-0.2, -0.15) is 0 Å². The first-order valence-corrected chi connectivity index (χ1v) is 8.74. The summed E-state index contributed by atoms with van der Waals surface area (Å²) in [5.74, 6) is 0.00345. The Balaban J connectivity index is 1.68. The quantitative estimate of drug-likeness (QED) is 0.585. The lowest BCUT2D eigenvalue weighted by molar-refractivity contribution is 0.0697. The molecule has 0 fully saturated rings. The Hall–Kier alpha value is -3.47. The van der Waals surface area contributed by atoms with Gasteiger partial charge in [0, 0.05) is 6.20 Å². The molecule has 5 nitrogen and oxygen atoms in total. The zero-order chi connectivity index (χ0) is 19.0.